The molecule has 0 bridgehead atoms. The van der Waals surface area contributed by atoms with Gasteiger partial charge in [0.05, 0.1) is 18.6 Å². The van der Waals surface area contributed by atoms with Crippen molar-refractivity contribution in [3.8, 4) is 23.3 Å². The number of anilines is 2. The zero-order valence-electron chi connectivity index (χ0n) is 17.6. The highest BCUT2D eigenvalue weighted by molar-refractivity contribution is 6.30. The lowest BCUT2D eigenvalue weighted by molar-refractivity contribution is 0.251. The van der Waals surface area contributed by atoms with E-state index >= 15 is 0 Å². The molecule has 0 fully saturated rings. The van der Waals surface area contributed by atoms with Gasteiger partial charge in [-0.2, -0.15) is 4.98 Å². The minimum Gasteiger partial charge on any atom is -0.462 e. The normalized spacial score (nSPS) is 10.9. The molecule has 32 heavy (non-hydrogen) atoms. The molecule has 0 radical (unpaired) electrons. The zero-order valence-corrected chi connectivity index (χ0v) is 18.3. The molecule has 8 nitrogen and oxygen atoms in total. The lowest BCUT2D eigenvalue weighted by atomic mass is 10.2. The average Bonchev–Trinajstić information content (AvgIpc) is 3.42. The summed E-state index contributed by atoms with van der Waals surface area (Å²) in [7, 11) is 0. The standard InChI is InChI=1S/C23H22ClN5O3/c1-15(2)14-32-23-27-21(20-10-5-11-31-20)29(28-23)19-9-4-8-18(13-19)26-22(30)25-17-7-3-6-16(24)12-17/h3-13,15H,14H2,1-2H3,(H2,25,26,30). The van der Waals surface area contributed by atoms with Gasteiger partial charge in [-0.25, -0.2) is 9.48 Å². The molecule has 2 heterocycles. The molecule has 0 saturated carbocycles. The molecular formula is C23H22ClN5O3. The third kappa shape index (κ3) is 5.28. The van der Waals surface area contributed by atoms with Crippen LogP contribution in [0.4, 0.5) is 16.2 Å². The molecule has 2 aromatic heterocycles. The number of urea groups is 1. The van der Waals surface area contributed by atoms with Crippen LogP contribution in [0.15, 0.2) is 71.3 Å². The van der Waals surface area contributed by atoms with Gasteiger partial charge in [0.15, 0.2) is 5.76 Å². The number of nitrogens with one attached hydrogen (secondary N) is 2. The summed E-state index contributed by atoms with van der Waals surface area (Å²) in [6.07, 6.45) is 1.57. The fourth-order valence-corrected chi connectivity index (χ4v) is 3.11. The van der Waals surface area contributed by atoms with Crippen molar-refractivity contribution < 1.29 is 13.9 Å². The first kappa shape index (κ1) is 21.5. The number of ether oxygens (including phenoxy) is 1. The van der Waals surface area contributed by atoms with E-state index in [4.69, 9.17) is 20.8 Å². The molecule has 0 atom stereocenters. The summed E-state index contributed by atoms with van der Waals surface area (Å²) in [6, 6.07) is 17.6. The van der Waals surface area contributed by atoms with Crippen molar-refractivity contribution in [3.05, 3.63) is 71.9 Å². The van der Waals surface area contributed by atoms with Crippen LogP contribution in [0.1, 0.15) is 13.8 Å². The Labute approximate surface area is 190 Å². The minimum atomic E-state index is -0.393. The first-order valence-corrected chi connectivity index (χ1v) is 10.4. The van der Waals surface area contributed by atoms with E-state index < -0.39 is 6.03 Å². The van der Waals surface area contributed by atoms with Crippen molar-refractivity contribution in [3.63, 3.8) is 0 Å². The van der Waals surface area contributed by atoms with Crippen LogP contribution in [-0.4, -0.2) is 27.4 Å². The van der Waals surface area contributed by atoms with E-state index in [2.05, 4.69) is 20.7 Å². The third-order valence-corrected chi connectivity index (χ3v) is 4.54. The van der Waals surface area contributed by atoms with Crippen molar-refractivity contribution in [1.29, 1.82) is 0 Å². The number of furan rings is 1. The first-order chi connectivity index (χ1) is 15.5. The number of aromatic nitrogens is 3. The van der Waals surface area contributed by atoms with E-state index in [0.29, 0.717) is 46.2 Å². The summed E-state index contributed by atoms with van der Waals surface area (Å²) in [6.45, 7) is 4.59. The van der Waals surface area contributed by atoms with Crippen LogP contribution in [0.3, 0.4) is 0 Å². The van der Waals surface area contributed by atoms with Gasteiger partial charge in [-0.1, -0.05) is 37.6 Å². The number of benzene rings is 2. The van der Waals surface area contributed by atoms with Gasteiger partial charge >= 0.3 is 12.0 Å². The van der Waals surface area contributed by atoms with Crippen LogP contribution < -0.4 is 15.4 Å². The van der Waals surface area contributed by atoms with Gasteiger partial charge in [-0.3, -0.25) is 0 Å². The molecular weight excluding hydrogens is 430 g/mol. The Balaban J connectivity index is 1.57. The molecule has 0 spiro atoms. The van der Waals surface area contributed by atoms with Crippen molar-refractivity contribution in [2.45, 2.75) is 13.8 Å². The van der Waals surface area contributed by atoms with Crippen LogP contribution in [-0.2, 0) is 0 Å². The molecule has 2 amide bonds. The number of rotatable bonds is 7. The summed E-state index contributed by atoms with van der Waals surface area (Å²) in [5, 5.41) is 10.6. The summed E-state index contributed by atoms with van der Waals surface area (Å²) in [4.78, 5) is 16.9. The maximum absolute atomic E-state index is 12.4. The Morgan fingerprint density at radius 1 is 1.09 bits per heavy atom. The smallest absolute Gasteiger partial charge is 0.336 e. The molecule has 0 aliphatic heterocycles. The summed E-state index contributed by atoms with van der Waals surface area (Å²) < 4.78 is 12.8. The van der Waals surface area contributed by atoms with Gasteiger partial charge in [-0.15, -0.1) is 5.10 Å². The highest BCUT2D eigenvalue weighted by Gasteiger charge is 2.17. The fourth-order valence-electron chi connectivity index (χ4n) is 2.92. The monoisotopic (exact) mass is 451 g/mol. The van der Waals surface area contributed by atoms with E-state index in [1.165, 1.54) is 0 Å². The number of carbonyl (C=O) groups is 1. The lowest BCUT2D eigenvalue weighted by Crippen LogP contribution is -2.19. The fraction of sp³-hybridized carbons (Fsp3) is 0.174. The lowest BCUT2D eigenvalue weighted by Gasteiger charge is -2.10. The number of carbonyl (C=O) groups excluding carboxylic acids is 1. The van der Waals surface area contributed by atoms with Crippen LogP contribution in [0.25, 0.3) is 17.3 Å². The zero-order chi connectivity index (χ0) is 22.5. The molecule has 0 aliphatic carbocycles. The number of amides is 2. The number of hydrogen-bond donors (Lipinski definition) is 2. The van der Waals surface area contributed by atoms with Gasteiger partial charge in [0.2, 0.25) is 5.82 Å². The quantitative estimate of drug-likeness (QED) is 0.367. The molecule has 2 aromatic carbocycles. The predicted molar refractivity (Wildman–Crippen MR) is 123 cm³/mol. The molecule has 164 valence electrons. The van der Waals surface area contributed by atoms with E-state index in [1.54, 1.807) is 59.5 Å². The second-order valence-corrected chi connectivity index (χ2v) is 7.89. The van der Waals surface area contributed by atoms with Crippen molar-refractivity contribution in [2.75, 3.05) is 17.2 Å². The van der Waals surface area contributed by atoms with Gasteiger partial charge in [-0.05, 0) is 54.4 Å². The Kier molecular flexibility index (Phi) is 6.42. The molecule has 0 aliphatic rings. The van der Waals surface area contributed by atoms with E-state index in [0.717, 1.165) is 0 Å². The van der Waals surface area contributed by atoms with Crippen LogP contribution >= 0.6 is 11.6 Å². The van der Waals surface area contributed by atoms with Gasteiger partial charge in [0.1, 0.15) is 0 Å². The average molecular weight is 452 g/mol. The van der Waals surface area contributed by atoms with Crippen LogP contribution in [0.5, 0.6) is 6.01 Å². The van der Waals surface area contributed by atoms with Crippen molar-refractivity contribution in [2.24, 2.45) is 5.92 Å². The van der Waals surface area contributed by atoms with Gasteiger partial charge < -0.3 is 19.8 Å². The van der Waals surface area contributed by atoms with Crippen LogP contribution in [0.2, 0.25) is 5.02 Å². The molecule has 4 aromatic rings. The van der Waals surface area contributed by atoms with Crippen LogP contribution in [0, 0.1) is 5.92 Å². The number of halogens is 1. The van der Waals surface area contributed by atoms with E-state index in [1.807, 2.05) is 26.0 Å². The molecule has 2 N–H and O–H groups in total. The highest BCUT2D eigenvalue weighted by atomic mass is 35.5. The second kappa shape index (κ2) is 9.57. The largest absolute Gasteiger partial charge is 0.462 e. The molecule has 9 heteroatoms. The number of hydrogen-bond acceptors (Lipinski definition) is 5. The summed E-state index contributed by atoms with van der Waals surface area (Å²) in [5.41, 5.74) is 1.85. The maximum Gasteiger partial charge on any atom is 0.336 e. The second-order valence-electron chi connectivity index (χ2n) is 7.45. The summed E-state index contributed by atoms with van der Waals surface area (Å²) in [5.74, 6) is 1.38. The van der Waals surface area contributed by atoms with E-state index in [9.17, 15) is 4.79 Å². The predicted octanol–water partition coefficient (Wildman–Crippen LogP) is 5.86. The number of nitrogens with zero attached hydrogens (tertiary/aromatic N) is 3. The Morgan fingerprint density at radius 3 is 2.53 bits per heavy atom. The molecule has 4 rings (SSSR count). The molecule has 0 saturated heterocycles. The van der Waals surface area contributed by atoms with Gasteiger partial charge in [0, 0.05) is 16.4 Å². The SMILES string of the molecule is CC(C)COc1nc(-c2ccco2)n(-c2cccc(NC(=O)Nc3cccc(Cl)c3)c2)n1. The van der Waals surface area contributed by atoms with E-state index in [-0.39, 0.29) is 6.01 Å². The Bertz CT molecular complexity index is 1200. The Morgan fingerprint density at radius 2 is 1.84 bits per heavy atom. The van der Waals surface area contributed by atoms with Crippen molar-refractivity contribution >= 4 is 29.0 Å². The Hall–Kier alpha value is -3.78. The van der Waals surface area contributed by atoms with Gasteiger partial charge in [0.25, 0.3) is 0 Å². The molecule has 0 unspecified atom stereocenters. The van der Waals surface area contributed by atoms with Crippen molar-refractivity contribution in [1.82, 2.24) is 14.8 Å². The maximum atomic E-state index is 12.4. The third-order valence-electron chi connectivity index (χ3n) is 4.31. The topological polar surface area (TPSA) is 94.2 Å². The summed E-state index contributed by atoms with van der Waals surface area (Å²) >= 11 is 5.97. The first-order valence-electron chi connectivity index (χ1n) is 10.1. The highest BCUT2D eigenvalue weighted by Crippen LogP contribution is 2.25. The minimum absolute atomic E-state index is 0.252.